The van der Waals surface area contributed by atoms with Crippen molar-refractivity contribution in [1.82, 2.24) is 5.32 Å². The average Bonchev–Trinajstić information content (AvgIpc) is 2.73. The van der Waals surface area contributed by atoms with Gasteiger partial charge in [-0.15, -0.1) is 0 Å². The molecule has 2 fully saturated rings. The monoisotopic (exact) mass is 231 g/mol. The number of nitrogens with one attached hydrogen (secondary N) is 1. The Bertz CT molecular complexity index is 307. The minimum atomic E-state index is -2.86. The van der Waals surface area contributed by atoms with Crippen LogP contribution in [0.3, 0.4) is 0 Å². The zero-order chi connectivity index (χ0) is 10.9. The highest BCUT2D eigenvalue weighted by Crippen LogP contribution is 2.27. The van der Waals surface area contributed by atoms with E-state index in [2.05, 4.69) is 5.32 Å². The van der Waals surface area contributed by atoms with Crippen molar-refractivity contribution in [1.29, 1.82) is 0 Å². The van der Waals surface area contributed by atoms with Crippen molar-refractivity contribution >= 4 is 9.84 Å². The molecule has 2 saturated carbocycles. The summed E-state index contributed by atoms with van der Waals surface area (Å²) in [6.45, 7) is 0. The first-order chi connectivity index (χ1) is 7.07. The topological polar surface area (TPSA) is 46.2 Å². The lowest BCUT2D eigenvalue weighted by Crippen LogP contribution is -2.44. The molecule has 2 aliphatic rings. The van der Waals surface area contributed by atoms with Crippen molar-refractivity contribution in [2.75, 3.05) is 6.26 Å². The molecular weight excluding hydrogens is 210 g/mol. The largest absolute Gasteiger partial charge is 0.310 e. The second-order valence-corrected chi connectivity index (χ2v) is 7.32. The standard InChI is InChI=1S/C11H21NO2S/c1-15(13,14)11-8-4-7-10(11)12-9-5-2-3-6-9/h9-12H,2-8H2,1H3. The van der Waals surface area contributed by atoms with Gasteiger partial charge in [-0.1, -0.05) is 19.3 Å². The lowest BCUT2D eigenvalue weighted by atomic mass is 10.2. The first-order valence-electron chi connectivity index (χ1n) is 6.02. The first-order valence-corrected chi connectivity index (χ1v) is 7.98. The normalized spacial score (nSPS) is 33.7. The molecule has 0 aromatic heterocycles. The summed E-state index contributed by atoms with van der Waals surface area (Å²) in [5.41, 5.74) is 0. The summed E-state index contributed by atoms with van der Waals surface area (Å²) in [7, 11) is -2.86. The van der Waals surface area contributed by atoms with E-state index >= 15 is 0 Å². The predicted molar refractivity (Wildman–Crippen MR) is 61.7 cm³/mol. The highest BCUT2D eigenvalue weighted by atomic mass is 32.2. The third-order valence-corrected chi connectivity index (χ3v) is 5.47. The van der Waals surface area contributed by atoms with Crippen LogP contribution in [-0.2, 0) is 9.84 Å². The number of hydrogen-bond donors (Lipinski definition) is 1. The van der Waals surface area contributed by atoms with Gasteiger partial charge in [-0.3, -0.25) is 0 Å². The molecule has 0 aromatic rings. The zero-order valence-corrected chi connectivity index (χ0v) is 10.2. The molecule has 0 heterocycles. The Morgan fingerprint density at radius 2 is 1.67 bits per heavy atom. The smallest absolute Gasteiger partial charge is 0.151 e. The average molecular weight is 231 g/mol. The van der Waals surface area contributed by atoms with Gasteiger partial charge >= 0.3 is 0 Å². The molecule has 0 amide bonds. The van der Waals surface area contributed by atoms with Gasteiger partial charge in [0.05, 0.1) is 5.25 Å². The van der Waals surface area contributed by atoms with Gasteiger partial charge in [-0.25, -0.2) is 8.42 Å². The molecular formula is C11H21NO2S. The zero-order valence-electron chi connectivity index (χ0n) is 9.41. The minimum Gasteiger partial charge on any atom is -0.310 e. The lowest BCUT2D eigenvalue weighted by molar-refractivity contribution is 0.432. The molecule has 4 heteroatoms. The molecule has 0 aromatic carbocycles. The van der Waals surface area contributed by atoms with E-state index in [0.29, 0.717) is 6.04 Å². The Hall–Kier alpha value is -0.0900. The van der Waals surface area contributed by atoms with Gasteiger partial charge in [0.15, 0.2) is 9.84 Å². The van der Waals surface area contributed by atoms with Gasteiger partial charge in [-0.2, -0.15) is 0 Å². The predicted octanol–water partition coefficient (Wildman–Crippen LogP) is 1.48. The molecule has 2 aliphatic carbocycles. The summed E-state index contributed by atoms with van der Waals surface area (Å²) in [6.07, 6.45) is 9.38. The molecule has 3 nitrogen and oxygen atoms in total. The van der Waals surface area contributed by atoms with Crippen molar-refractivity contribution in [2.45, 2.75) is 62.3 Å². The Labute approximate surface area is 92.6 Å². The van der Waals surface area contributed by atoms with Crippen molar-refractivity contribution in [3.05, 3.63) is 0 Å². The summed E-state index contributed by atoms with van der Waals surface area (Å²) in [5, 5.41) is 3.43. The van der Waals surface area contributed by atoms with E-state index in [1.54, 1.807) is 0 Å². The highest BCUT2D eigenvalue weighted by molar-refractivity contribution is 7.91. The molecule has 88 valence electrons. The van der Waals surface area contributed by atoms with Crippen LogP contribution in [0.2, 0.25) is 0 Å². The van der Waals surface area contributed by atoms with Gasteiger partial charge in [-0.05, 0) is 25.7 Å². The molecule has 0 bridgehead atoms. The number of hydrogen-bond acceptors (Lipinski definition) is 3. The number of sulfone groups is 1. The van der Waals surface area contributed by atoms with Crippen LogP contribution in [0.4, 0.5) is 0 Å². The van der Waals surface area contributed by atoms with Crippen molar-refractivity contribution in [3.63, 3.8) is 0 Å². The van der Waals surface area contributed by atoms with E-state index in [1.165, 1.54) is 31.9 Å². The first kappa shape index (κ1) is 11.4. The maximum Gasteiger partial charge on any atom is 0.151 e. The minimum absolute atomic E-state index is 0.127. The van der Waals surface area contributed by atoms with Crippen molar-refractivity contribution in [3.8, 4) is 0 Å². The van der Waals surface area contributed by atoms with E-state index in [1.807, 2.05) is 0 Å². The maximum absolute atomic E-state index is 11.6. The van der Waals surface area contributed by atoms with E-state index in [-0.39, 0.29) is 11.3 Å². The molecule has 2 rings (SSSR count). The van der Waals surface area contributed by atoms with Gasteiger partial charge in [0, 0.05) is 18.3 Å². The van der Waals surface area contributed by atoms with Crippen LogP contribution in [0, 0.1) is 0 Å². The molecule has 1 N–H and O–H groups in total. The number of rotatable bonds is 3. The molecule has 0 spiro atoms. The third kappa shape index (κ3) is 2.72. The molecule has 0 saturated heterocycles. The Morgan fingerprint density at radius 1 is 1.00 bits per heavy atom. The van der Waals surface area contributed by atoms with Crippen LogP contribution >= 0.6 is 0 Å². The summed E-state index contributed by atoms with van der Waals surface area (Å²) in [6, 6.07) is 0.806. The second kappa shape index (κ2) is 4.42. The van der Waals surface area contributed by atoms with Gasteiger partial charge in [0.1, 0.15) is 0 Å². The fourth-order valence-corrected chi connectivity index (χ4v) is 4.43. The van der Waals surface area contributed by atoms with E-state index < -0.39 is 9.84 Å². The van der Waals surface area contributed by atoms with Crippen LogP contribution in [0.15, 0.2) is 0 Å². The Balaban J connectivity index is 1.95. The third-order valence-electron chi connectivity index (χ3n) is 3.81. The molecule has 0 aliphatic heterocycles. The SMILES string of the molecule is CS(=O)(=O)C1CCCC1NC1CCCC1. The van der Waals surface area contributed by atoms with Crippen LogP contribution in [0.1, 0.15) is 44.9 Å². The van der Waals surface area contributed by atoms with Crippen molar-refractivity contribution in [2.24, 2.45) is 0 Å². The van der Waals surface area contributed by atoms with E-state index in [9.17, 15) is 8.42 Å². The molecule has 15 heavy (non-hydrogen) atoms. The summed E-state index contributed by atoms with van der Waals surface area (Å²) >= 11 is 0. The quantitative estimate of drug-likeness (QED) is 0.800. The van der Waals surface area contributed by atoms with E-state index in [4.69, 9.17) is 0 Å². The summed E-state index contributed by atoms with van der Waals surface area (Å²) in [5.74, 6) is 0. The lowest BCUT2D eigenvalue weighted by Gasteiger charge is -2.23. The maximum atomic E-state index is 11.6. The second-order valence-electron chi connectivity index (χ2n) is 5.05. The Kier molecular flexibility index (Phi) is 3.36. The van der Waals surface area contributed by atoms with Crippen molar-refractivity contribution < 1.29 is 8.42 Å². The molecule has 0 radical (unpaired) electrons. The van der Waals surface area contributed by atoms with E-state index in [0.717, 1.165) is 19.3 Å². The molecule has 2 atom stereocenters. The van der Waals surface area contributed by atoms with Gasteiger partial charge in [0.2, 0.25) is 0 Å². The fourth-order valence-electron chi connectivity index (χ4n) is 3.02. The fraction of sp³-hybridized carbons (Fsp3) is 1.00. The van der Waals surface area contributed by atoms with Crippen LogP contribution in [0.25, 0.3) is 0 Å². The summed E-state index contributed by atoms with van der Waals surface area (Å²) < 4.78 is 23.2. The van der Waals surface area contributed by atoms with Crippen LogP contribution in [-0.4, -0.2) is 32.0 Å². The van der Waals surface area contributed by atoms with Crippen LogP contribution in [0.5, 0.6) is 0 Å². The van der Waals surface area contributed by atoms with Gasteiger partial charge < -0.3 is 5.32 Å². The summed E-state index contributed by atoms with van der Waals surface area (Å²) in [4.78, 5) is 0. The van der Waals surface area contributed by atoms with Crippen LogP contribution < -0.4 is 5.32 Å². The van der Waals surface area contributed by atoms with Gasteiger partial charge in [0.25, 0.3) is 0 Å². The molecule has 2 unspecified atom stereocenters. The Morgan fingerprint density at radius 3 is 2.27 bits per heavy atom. The highest BCUT2D eigenvalue weighted by Gasteiger charge is 2.35.